The van der Waals surface area contributed by atoms with Gasteiger partial charge in [-0.15, -0.1) is 0 Å². The minimum atomic E-state index is -3.00. The quantitative estimate of drug-likeness (QED) is 0.531. The van der Waals surface area contributed by atoms with Crippen LogP contribution >= 0.6 is 15.9 Å². The van der Waals surface area contributed by atoms with Gasteiger partial charge in [0.2, 0.25) is 0 Å². The van der Waals surface area contributed by atoms with Gasteiger partial charge in [0.15, 0.2) is 5.75 Å². The highest BCUT2D eigenvalue weighted by molar-refractivity contribution is 9.10. The molecular weight excluding hydrogens is 418 g/mol. The first-order chi connectivity index (χ1) is 12.3. The summed E-state index contributed by atoms with van der Waals surface area (Å²) in [4.78, 5) is 22.6. The predicted octanol–water partition coefficient (Wildman–Crippen LogP) is 3.90. The van der Waals surface area contributed by atoms with E-state index in [0.717, 1.165) is 6.07 Å². The highest BCUT2D eigenvalue weighted by Crippen LogP contribution is 2.28. The van der Waals surface area contributed by atoms with Crippen LogP contribution in [0.15, 0.2) is 40.9 Å². The second-order valence-corrected chi connectivity index (χ2v) is 5.87. The van der Waals surface area contributed by atoms with Crippen molar-refractivity contribution < 1.29 is 28.0 Å². The number of amides is 1. The molecule has 138 valence electrons. The van der Waals surface area contributed by atoms with E-state index >= 15 is 0 Å². The number of halogens is 3. The van der Waals surface area contributed by atoms with Gasteiger partial charge >= 0.3 is 12.3 Å². The lowest BCUT2D eigenvalue weighted by molar-refractivity contribution is -0.385. The lowest BCUT2D eigenvalue weighted by Gasteiger charge is -2.12. The molecule has 10 heteroatoms. The summed E-state index contributed by atoms with van der Waals surface area (Å²) in [5.74, 6) is -0.672. The number of nitro groups is 1. The van der Waals surface area contributed by atoms with Gasteiger partial charge in [0.25, 0.3) is 5.91 Å². The smallest absolute Gasteiger partial charge is 0.387 e. The number of alkyl halides is 2. The van der Waals surface area contributed by atoms with E-state index in [0.29, 0.717) is 10.0 Å². The van der Waals surface area contributed by atoms with Crippen LogP contribution in [0.1, 0.15) is 15.9 Å². The molecule has 0 aliphatic carbocycles. The number of hydrogen-bond acceptors (Lipinski definition) is 5. The zero-order valence-electron chi connectivity index (χ0n) is 13.4. The van der Waals surface area contributed by atoms with Crippen LogP contribution in [0, 0.1) is 10.1 Å². The summed E-state index contributed by atoms with van der Waals surface area (Å²) < 4.78 is 34.8. The van der Waals surface area contributed by atoms with E-state index in [4.69, 9.17) is 4.74 Å². The standard InChI is InChI=1S/C16H13BrF2N2O5/c1-25-14-4-2-9(7-12(14)21(23)24)15(22)20-8-10-6-11(17)3-5-13(10)26-16(18)19/h2-7,16H,8H2,1H3,(H,20,22). The number of carbonyl (C=O) groups is 1. The first kappa shape index (κ1) is 19.6. The summed E-state index contributed by atoms with van der Waals surface area (Å²) in [6.07, 6.45) is 0. The molecule has 1 amide bonds. The Morgan fingerprint density at radius 2 is 1.96 bits per heavy atom. The Labute approximate surface area is 155 Å². The molecule has 0 aliphatic heterocycles. The van der Waals surface area contributed by atoms with E-state index in [1.54, 1.807) is 0 Å². The summed E-state index contributed by atoms with van der Waals surface area (Å²) in [7, 11) is 1.28. The Balaban J connectivity index is 2.18. The minimum absolute atomic E-state index is 0.0196. The van der Waals surface area contributed by atoms with Crippen LogP contribution in [-0.2, 0) is 6.54 Å². The van der Waals surface area contributed by atoms with Crippen molar-refractivity contribution in [2.75, 3.05) is 7.11 Å². The molecule has 1 N–H and O–H groups in total. The zero-order valence-corrected chi connectivity index (χ0v) is 15.0. The molecule has 0 unspecified atom stereocenters. The Morgan fingerprint density at radius 1 is 1.27 bits per heavy atom. The van der Waals surface area contributed by atoms with Gasteiger partial charge in [0.05, 0.1) is 12.0 Å². The number of ether oxygens (including phenoxy) is 2. The molecular formula is C16H13BrF2N2O5. The molecule has 0 spiro atoms. The zero-order chi connectivity index (χ0) is 19.3. The van der Waals surface area contributed by atoms with E-state index in [2.05, 4.69) is 26.0 Å². The summed E-state index contributed by atoms with van der Waals surface area (Å²) in [6.45, 7) is -3.12. The molecule has 0 fully saturated rings. The largest absolute Gasteiger partial charge is 0.490 e. The Hall–Kier alpha value is -2.75. The first-order valence-corrected chi connectivity index (χ1v) is 7.95. The van der Waals surface area contributed by atoms with Gasteiger partial charge in [-0.25, -0.2) is 0 Å². The lowest BCUT2D eigenvalue weighted by atomic mass is 10.1. The fourth-order valence-corrected chi connectivity index (χ4v) is 2.56. The van der Waals surface area contributed by atoms with Gasteiger partial charge < -0.3 is 14.8 Å². The molecule has 0 saturated heterocycles. The molecule has 2 aromatic rings. The van der Waals surface area contributed by atoms with E-state index in [1.807, 2.05) is 0 Å². The highest BCUT2D eigenvalue weighted by atomic mass is 79.9. The van der Waals surface area contributed by atoms with Gasteiger partial charge in [-0.05, 0) is 30.3 Å². The van der Waals surface area contributed by atoms with Crippen LogP contribution in [0.2, 0.25) is 0 Å². The third kappa shape index (κ3) is 4.88. The molecule has 2 rings (SSSR count). The van der Waals surface area contributed by atoms with Gasteiger partial charge in [-0.3, -0.25) is 14.9 Å². The Morgan fingerprint density at radius 3 is 2.58 bits per heavy atom. The van der Waals surface area contributed by atoms with Gasteiger partial charge in [0.1, 0.15) is 5.75 Å². The summed E-state index contributed by atoms with van der Waals surface area (Å²) in [5.41, 5.74) is -0.0100. The first-order valence-electron chi connectivity index (χ1n) is 7.15. The maximum atomic E-state index is 12.5. The molecule has 0 aliphatic rings. The molecule has 0 aromatic heterocycles. The average molecular weight is 431 g/mol. The van der Waals surface area contributed by atoms with Gasteiger partial charge in [-0.1, -0.05) is 15.9 Å². The SMILES string of the molecule is COc1ccc(C(=O)NCc2cc(Br)ccc2OC(F)F)cc1[N+](=O)[O-]. The van der Waals surface area contributed by atoms with E-state index in [1.165, 1.54) is 37.4 Å². The number of rotatable bonds is 7. The van der Waals surface area contributed by atoms with Crippen molar-refractivity contribution in [2.24, 2.45) is 0 Å². The molecule has 26 heavy (non-hydrogen) atoms. The average Bonchev–Trinajstić information content (AvgIpc) is 2.60. The Bertz CT molecular complexity index is 832. The number of hydrogen-bond donors (Lipinski definition) is 1. The van der Waals surface area contributed by atoms with Crippen molar-refractivity contribution in [3.63, 3.8) is 0 Å². The number of benzene rings is 2. The molecule has 0 heterocycles. The Kier molecular flexibility index (Phi) is 6.45. The van der Waals surface area contributed by atoms with Gasteiger partial charge in [0, 0.05) is 28.2 Å². The molecule has 2 aromatic carbocycles. The third-order valence-corrected chi connectivity index (χ3v) is 3.81. The summed E-state index contributed by atoms with van der Waals surface area (Å²) >= 11 is 3.21. The lowest BCUT2D eigenvalue weighted by Crippen LogP contribution is -2.23. The number of nitrogens with zero attached hydrogens (tertiary/aromatic N) is 1. The van der Waals surface area contributed by atoms with Crippen molar-refractivity contribution >= 4 is 27.5 Å². The highest BCUT2D eigenvalue weighted by Gasteiger charge is 2.18. The predicted molar refractivity (Wildman–Crippen MR) is 91.6 cm³/mol. The molecule has 0 atom stereocenters. The van der Waals surface area contributed by atoms with Crippen molar-refractivity contribution in [1.82, 2.24) is 5.32 Å². The van der Waals surface area contributed by atoms with Crippen LogP contribution < -0.4 is 14.8 Å². The number of nitrogens with one attached hydrogen (secondary N) is 1. The summed E-state index contributed by atoms with van der Waals surface area (Å²) in [5, 5.41) is 13.5. The number of carbonyl (C=O) groups excluding carboxylic acids is 1. The third-order valence-electron chi connectivity index (χ3n) is 3.32. The van der Waals surface area contributed by atoms with Crippen LogP contribution in [-0.4, -0.2) is 24.6 Å². The number of nitro benzene ring substituents is 1. The van der Waals surface area contributed by atoms with E-state index in [-0.39, 0.29) is 29.3 Å². The molecule has 0 saturated carbocycles. The van der Waals surface area contributed by atoms with E-state index < -0.39 is 17.4 Å². The van der Waals surface area contributed by atoms with Crippen LogP contribution in [0.3, 0.4) is 0 Å². The molecule has 0 radical (unpaired) electrons. The fraction of sp³-hybridized carbons (Fsp3) is 0.188. The molecule has 7 nitrogen and oxygen atoms in total. The maximum absolute atomic E-state index is 12.5. The van der Waals surface area contributed by atoms with Gasteiger partial charge in [-0.2, -0.15) is 8.78 Å². The van der Waals surface area contributed by atoms with Crippen LogP contribution in [0.4, 0.5) is 14.5 Å². The second-order valence-electron chi connectivity index (χ2n) is 4.96. The summed E-state index contributed by atoms with van der Waals surface area (Å²) in [6, 6.07) is 8.13. The topological polar surface area (TPSA) is 90.7 Å². The van der Waals surface area contributed by atoms with Crippen LogP contribution in [0.5, 0.6) is 11.5 Å². The minimum Gasteiger partial charge on any atom is -0.490 e. The molecule has 0 bridgehead atoms. The fourth-order valence-electron chi connectivity index (χ4n) is 2.15. The van der Waals surface area contributed by atoms with Crippen LogP contribution in [0.25, 0.3) is 0 Å². The number of methoxy groups -OCH3 is 1. The maximum Gasteiger partial charge on any atom is 0.387 e. The van der Waals surface area contributed by atoms with Crippen molar-refractivity contribution in [1.29, 1.82) is 0 Å². The van der Waals surface area contributed by atoms with Crippen molar-refractivity contribution in [3.8, 4) is 11.5 Å². The van der Waals surface area contributed by atoms with E-state index in [9.17, 15) is 23.7 Å². The van der Waals surface area contributed by atoms with Crippen molar-refractivity contribution in [2.45, 2.75) is 13.2 Å². The second kappa shape index (κ2) is 8.56. The monoisotopic (exact) mass is 430 g/mol. The van der Waals surface area contributed by atoms with Crippen molar-refractivity contribution in [3.05, 3.63) is 62.1 Å². The normalized spacial score (nSPS) is 10.5.